The highest BCUT2D eigenvalue weighted by molar-refractivity contribution is 7.91. The number of hydrogen-bond acceptors (Lipinski definition) is 5. The van der Waals surface area contributed by atoms with Gasteiger partial charge in [0.05, 0.1) is 22.5 Å². The van der Waals surface area contributed by atoms with Gasteiger partial charge in [-0.15, -0.1) is 0 Å². The van der Waals surface area contributed by atoms with Gasteiger partial charge in [-0.2, -0.15) is 0 Å². The summed E-state index contributed by atoms with van der Waals surface area (Å²) in [6.45, 7) is 4.63. The van der Waals surface area contributed by atoms with Crippen molar-refractivity contribution in [1.82, 2.24) is 5.32 Å². The van der Waals surface area contributed by atoms with Crippen LogP contribution in [0.3, 0.4) is 0 Å². The summed E-state index contributed by atoms with van der Waals surface area (Å²) in [7, 11) is -3.89. The van der Waals surface area contributed by atoms with E-state index in [0.717, 1.165) is 24.3 Å². The monoisotopic (exact) mass is 373 g/mol. The quantitative estimate of drug-likeness (QED) is 0.793. The number of ether oxygens (including phenoxy) is 1. The van der Waals surface area contributed by atoms with E-state index in [4.69, 9.17) is 9.84 Å². The molecule has 0 aliphatic carbocycles. The summed E-state index contributed by atoms with van der Waals surface area (Å²) < 4.78 is 42.5. The van der Waals surface area contributed by atoms with Gasteiger partial charge in [0.1, 0.15) is 5.60 Å². The van der Waals surface area contributed by atoms with Gasteiger partial charge in [-0.25, -0.2) is 22.4 Å². The van der Waals surface area contributed by atoms with E-state index in [1.54, 1.807) is 20.8 Å². The Bertz CT molecular complexity index is 763. The maximum absolute atomic E-state index is 13.0. The van der Waals surface area contributed by atoms with Gasteiger partial charge in [-0.1, -0.05) is 0 Å². The van der Waals surface area contributed by atoms with Gasteiger partial charge in [0.15, 0.2) is 9.84 Å². The number of carboxylic acid groups (broad SMARTS) is 1. The van der Waals surface area contributed by atoms with Gasteiger partial charge in [-0.3, -0.25) is 0 Å². The molecule has 0 aliphatic rings. The number of halogens is 1. The van der Waals surface area contributed by atoms with Crippen LogP contribution in [-0.4, -0.2) is 43.5 Å². The molecule has 1 rings (SSSR count). The van der Waals surface area contributed by atoms with Gasteiger partial charge in [0, 0.05) is 6.54 Å². The topological polar surface area (TPSA) is 110 Å². The first-order valence-electron chi connectivity index (χ1n) is 7.26. The van der Waals surface area contributed by atoms with Crippen LogP contribution in [0.1, 0.15) is 31.1 Å². The Labute approximate surface area is 145 Å². The number of aromatic carboxylic acids is 1. The lowest BCUT2D eigenvalue weighted by Crippen LogP contribution is -2.34. The van der Waals surface area contributed by atoms with Gasteiger partial charge in [0.25, 0.3) is 0 Å². The number of carbonyl (C=O) groups is 2. The van der Waals surface area contributed by atoms with E-state index in [2.05, 4.69) is 5.32 Å². The largest absolute Gasteiger partial charge is 0.478 e. The van der Waals surface area contributed by atoms with Crippen molar-refractivity contribution in [3.05, 3.63) is 41.7 Å². The number of carbonyl (C=O) groups excluding carboxylic acids is 1. The highest BCUT2D eigenvalue weighted by Crippen LogP contribution is 2.15. The minimum atomic E-state index is -3.89. The summed E-state index contributed by atoms with van der Waals surface area (Å²) in [6.07, 6.45) is -0.685. The summed E-state index contributed by atoms with van der Waals surface area (Å²) in [4.78, 5) is 22.2. The SMILES string of the molecule is CC(C)(C)OC(=O)NC/C(=C\F)CS(=O)(=O)c1ccc(C(=O)O)cc1. The summed E-state index contributed by atoms with van der Waals surface area (Å²) >= 11 is 0. The van der Waals surface area contributed by atoms with Gasteiger partial charge in [-0.05, 0) is 50.6 Å². The van der Waals surface area contributed by atoms with Crippen LogP contribution in [0.15, 0.2) is 41.1 Å². The van der Waals surface area contributed by atoms with Crippen molar-refractivity contribution in [3.8, 4) is 0 Å². The van der Waals surface area contributed by atoms with E-state index >= 15 is 0 Å². The van der Waals surface area contributed by atoms with E-state index in [9.17, 15) is 22.4 Å². The molecule has 0 atom stereocenters. The molecular formula is C16H20FNO6S. The van der Waals surface area contributed by atoms with Gasteiger partial charge >= 0.3 is 12.1 Å². The molecular weight excluding hydrogens is 353 g/mol. The molecule has 0 fully saturated rings. The second-order valence-corrected chi connectivity index (χ2v) is 8.20. The number of carboxylic acids is 1. The highest BCUT2D eigenvalue weighted by atomic mass is 32.2. The first kappa shape index (κ1) is 20.6. The number of sulfone groups is 1. The Kier molecular flexibility index (Phi) is 6.69. The Morgan fingerprint density at radius 3 is 2.24 bits per heavy atom. The van der Waals surface area contributed by atoms with E-state index in [1.807, 2.05) is 0 Å². The number of nitrogens with one attached hydrogen (secondary N) is 1. The fourth-order valence-corrected chi connectivity index (χ4v) is 3.12. The van der Waals surface area contributed by atoms with Crippen molar-refractivity contribution in [2.45, 2.75) is 31.3 Å². The van der Waals surface area contributed by atoms with Crippen molar-refractivity contribution in [3.63, 3.8) is 0 Å². The normalized spacial score (nSPS) is 12.6. The number of amides is 1. The van der Waals surface area contributed by atoms with E-state index in [0.29, 0.717) is 0 Å². The minimum Gasteiger partial charge on any atom is -0.478 e. The third-order valence-electron chi connectivity index (χ3n) is 2.85. The predicted octanol–water partition coefficient (Wildman–Crippen LogP) is 2.54. The van der Waals surface area contributed by atoms with Crippen LogP contribution in [0.4, 0.5) is 9.18 Å². The lowest BCUT2D eigenvalue weighted by Gasteiger charge is -2.20. The summed E-state index contributed by atoms with van der Waals surface area (Å²) in [5.74, 6) is -1.85. The molecule has 0 spiro atoms. The van der Waals surface area contributed by atoms with Crippen molar-refractivity contribution < 1.29 is 32.2 Å². The zero-order valence-corrected chi connectivity index (χ0v) is 14.9. The van der Waals surface area contributed by atoms with Crippen LogP contribution in [-0.2, 0) is 14.6 Å². The average Bonchev–Trinajstić information content (AvgIpc) is 2.49. The average molecular weight is 373 g/mol. The first-order valence-corrected chi connectivity index (χ1v) is 8.91. The van der Waals surface area contributed by atoms with E-state index in [-0.39, 0.29) is 28.9 Å². The fraction of sp³-hybridized carbons (Fsp3) is 0.375. The Morgan fingerprint density at radius 1 is 1.24 bits per heavy atom. The van der Waals surface area contributed by atoms with Crippen molar-refractivity contribution in [1.29, 1.82) is 0 Å². The molecule has 0 unspecified atom stereocenters. The fourth-order valence-electron chi connectivity index (χ4n) is 1.75. The molecule has 138 valence electrons. The standard InChI is InChI=1S/C16H20FNO6S/c1-16(2,3)24-15(21)18-9-11(8-17)10-25(22,23)13-6-4-12(5-7-13)14(19)20/h4-8H,9-10H2,1-3H3,(H,18,21)(H,19,20)/b11-8+. The Hall–Kier alpha value is -2.42. The molecule has 25 heavy (non-hydrogen) atoms. The zero-order valence-electron chi connectivity index (χ0n) is 14.1. The smallest absolute Gasteiger partial charge is 0.407 e. The third kappa shape index (κ3) is 6.92. The first-order chi connectivity index (χ1) is 11.4. The lowest BCUT2D eigenvalue weighted by molar-refractivity contribution is 0.0532. The molecule has 1 aromatic rings. The van der Waals surface area contributed by atoms with Gasteiger partial charge < -0.3 is 15.2 Å². The maximum Gasteiger partial charge on any atom is 0.407 e. The van der Waals surface area contributed by atoms with Crippen molar-refractivity contribution >= 4 is 21.9 Å². The van der Waals surface area contributed by atoms with Crippen molar-refractivity contribution in [2.75, 3.05) is 12.3 Å². The number of hydrogen-bond donors (Lipinski definition) is 2. The lowest BCUT2D eigenvalue weighted by atomic mass is 10.2. The van der Waals surface area contributed by atoms with Gasteiger partial charge in [0.2, 0.25) is 0 Å². The van der Waals surface area contributed by atoms with E-state index in [1.165, 1.54) is 0 Å². The summed E-state index contributed by atoms with van der Waals surface area (Å²) in [5, 5.41) is 11.1. The molecule has 7 nitrogen and oxygen atoms in total. The van der Waals surface area contributed by atoms with Crippen LogP contribution in [0, 0.1) is 0 Å². The molecule has 0 saturated heterocycles. The Morgan fingerprint density at radius 2 is 1.80 bits per heavy atom. The maximum atomic E-state index is 13.0. The number of rotatable bonds is 6. The summed E-state index contributed by atoms with van der Waals surface area (Å²) in [5.41, 5.74) is -0.971. The van der Waals surface area contributed by atoms with Crippen LogP contribution in [0.2, 0.25) is 0 Å². The third-order valence-corrected chi connectivity index (χ3v) is 4.59. The summed E-state index contributed by atoms with van der Waals surface area (Å²) in [6, 6.07) is 4.56. The molecule has 0 radical (unpaired) electrons. The molecule has 1 amide bonds. The van der Waals surface area contributed by atoms with Crippen LogP contribution >= 0.6 is 0 Å². The van der Waals surface area contributed by atoms with E-state index < -0.39 is 33.3 Å². The van der Waals surface area contributed by atoms with Crippen LogP contribution < -0.4 is 5.32 Å². The molecule has 0 aliphatic heterocycles. The molecule has 2 N–H and O–H groups in total. The number of alkyl carbamates (subject to hydrolysis) is 1. The highest BCUT2D eigenvalue weighted by Gasteiger charge is 2.20. The second-order valence-electron chi connectivity index (χ2n) is 6.21. The molecule has 0 aromatic heterocycles. The van der Waals surface area contributed by atoms with Crippen LogP contribution in [0.5, 0.6) is 0 Å². The minimum absolute atomic E-state index is 0.0631. The predicted molar refractivity (Wildman–Crippen MR) is 88.9 cm³/mol. The second kappa shape index (κ2) is 8.11. The molecule has 1 aromatic carbocycles. The molecule has 9 heteroatoms. The van der Waals surface area contributed by atoms with Crippen molar-refractivity contribution in [2.24, 2.45) is 0 Å². The zero-order chi connectivity index (χ0) is 19.3. The Balaban J connectivity index is 2.76. The number of benzene rings is 1. The molecule has 0 heterocycles. The molecule has 0 bridgehead atoms. The van der Waals surface area contributed by atoms with Crippen LogP contribution in [0.25, 0.3) is 0 Å². The molecule has 0 saturated carbocycles.